The van der Waals surface area contributed by atoms with Crippen LogP contribution in [0.1, 0.15) is 38.0 Å². The minimum absolute atomic E-state index is 0.165. The van der Waals surface area contributed by atoms with Gasteiger partial charge in [0.1, 0.15) is 12.7 Å². The van der Waals surface area contributed by atoms with E-state index in [0.717, 1.165) is 11.1 Å². The van der Waals surface area contributed by atoms with Crippen molar-refractivity contribution >= 4 is 23.4 Å². The minimum atomic E-state index is -0.655. The van der Waals surface area contributed by atoms with Crippen molar-refractivity contribution < 1.29 is 23.9 Å². The van der Waals surface area contributed by atoms with Crippen LogP contribution in [0.5, 0.6) is 11.5 Å². The Morgan fingerprint density at radius 3 is 2.37 bits per heavy atom. The van der Waals surface area contributed by atoms with Crippen molar-refractivity contribution in [1.29, 1.82) is 0 Å². The van der Waals surface area contributed by atoms with Crippen molar-refractivity contribution in [3.8, 4) is 11.5 Å². The number of nitrogens with zero attached hydrogens (tertiary/aromatic N) is 2. The molecule has 178 valence electrons. The number of carbonyl (C=O) groups is 3. The molecule has 3 amide bonds. The van der Waals surface area contributed by atoms with E-state index in [2.05, 4.69) is 5.32 Å². The van der Waals surface area contributed by atoms with Crippen LogP contribution < -0.4 is 19.7 Å². The zero-order valence-corrected chi connectivity index (χ0v) is 19.5. The van der Waals surface area contributed by atoms with Crippen molar-refractivity contribution in [2.45, 2.75) is 12.6 Å². The Kier molecular flexibility index (Phi) is 5.86. The molecule has 8 nitrogen and oxygen atoms in total. The molecule has 0 unspecified atom stereocenters. The SMILES string of the molecule is COc1ccc(CCNC(=O)CN2C(=O)c3ccccc3N3C(=O)c4ccccc4[C@H]23)cc1OC. The van der Waals surface area contributed by atoms with Gasteiger partial charge in [0.2, 0.25) is 5.91 Å². The molecule has 2 aliphatic heterocycles. The summed E-state index contributed by atoms with van der Waals surface area (Å²) in [6.07, 6.45) is -0.0718. The number of hydrogen-bond acceptors (Lipinski definition) is 5. The number of anilines is 1. The highest BCUT2D eigenvalue weighted by atomic mass is 16.5. The first-order valence-electron chi connectivity index (χ1n) is 11.3. The van der Waals surface area contributed by atoms with Gasteiger partial charge in [-0.15, -0.1) is 0 Å². The van der Waals surface area contributed by atoms with Crippen LogP contribution in [0.15, 0.2) is 66.7 Å². The van der Waals surface area contributed by atoms with Gasteiger partial charge in [-0.1, -0.05) is 36.4 Å². The molecule has 3 aromatic rings. The fourth-order valence-electron chi connectivity index (χ4n) is 4.73. The summed E-state index contributed by atoms with van der Waals surface area (Å²) in [4.78, 5) is 42.6. The Hall–Kier alpha value is -4.33. The highest BCUT2D eigenvalue weighted by molar-refractivity contribution is 6.17. The molecule has 2 heterocycles. The number of hydrogen-bond donors (Lipinski definition) is 1. The predicted molar refractivity (Wildman–Crippen MR) is 130 cm³/mol. The highest BCUT2D eigenvalue weighted by Gasteiger charge is 2.47. The summed E-state index contributed by atoms with van der Waals surface area (Å²) < 4.78 is 10.6. The Morgan fingerprint density at radius 2 is 1.60 bits per heavy atom. The number of fused-ring (bicyclic) bond motifs is 5. The number of benzene rings is 3. The largest absolute Gasteiger partial charge is 0.493 e. The van der Waals surface area contributed by atoms with E-state index in [9.17, 15) is 14.4 Å². The molecule has 2 aliphatic rings. The van der Waals surface area contributed by atoms with Crippen LogP contribution in [0.25, 0.3) is 0 Å². The number of methoxy groups -OCH3 is 2. The van der Waals surface area contributed by atoms with E-state index in [1.807, 2.05) is 30.3 Å². The smallest absolute Gasteiger partial charge is 0.260 e. The zero-order valence-electron chi connectivity index (χ0n) is 19.5. The summed E-state index contributed by atoms with van der Waals surface area (Å²) in [5.74, 6) is 0.513. The topological polar surface area (TPSA) is 88.2 Å². The number of amides is 3. The van der Waals surface area contributed by atoms with Gasteiger partial charge < -0.3 is 19.7 Å². The molecule has 8 heteroatoms. The van der Waals surface area contributed by atoms with E-state index in [0.29, 0.717) is 41.3 Å². The molecule has 0 spiro atoms. The van der Waals surface area contributed by atoms with Crippen LogP contribution in [0.4, 0.5) is 5.69 Å². The van der Waals surface area contributed by atoms with Gasteiger partial charge in [-0.2, -0.15) is 0 Å². The molecule has 0 aliphatic carbocycles. The maximum absolute atomic E-state index is 13.4. The third-order valence-electron chi connectivity index (χ3n) is 6.38. The second-order valence-electron chi connectivity index (χ2n) is 8.38. The fourth-order valence-corrected chi connectivity index (χ4v) is 4.73. The lowest BCUT2D eigenvalue weighted by molar-refractivity contribution is -0.122. The number of ether oxygens (including phenoxy) is 2. The predicted octanol–water partition coefficient (Wildman–Crippen LogP) is 3.18. The van der Waals surface area contributed by atoms with Gasteiger partial charge in [-0.25, -0.2) is 0 Å². The van der Waals surface area contributed by atoms with Crippen molar-refractivity contribution in [3.63, 3.8) is 0 Å². The van der Waals surface area contributed by atoms with Gasteiger partial charge in [0.05, 0.1) is 25.5 Å². The number of carbonyl (C=O) groups excluding carboxylic acids is 3. The average molecular weight is 472 g/mol. The second kappa shape index (κ2) is 9.13. The lowest BCUT2D eigenvalue weighted by atomic mass is 10.0. The van der Waals surface area contributed by atoms with Crippen molar-refractivity contribution in [3.05, 3.63) is 89.0 Å². The molecular weight excluding hydrogens is 446 g/mol. The molecule has 1 N–H and O–H groups in total. The van der Waals surface area contributed by atoms with Gasteiger partial charge in [0, 0.05) is 17.7 Å². The van der Waals surface area contributed by atoms with Crippen LogP contribution in [-0.2, 0) is 11.2 Å². The Balaban J connectivity index is 1.33. The third-order valence-corrected chi connectivity index (χ3v) is 6.38. The normalized spacial score (nSPS) is 15.9. The Morgan fingerprint density at radius 1 is 0.886 bits per heavy atom. The quantitative estimate of drug-likeness (QED) is 0.572. The molecule has 0 radical (unpaired) electrons. The Bertz CT molecular complexity index is 1320. The van der Waals surface area contributed by atoms with Gasteiger partial charge in [-0.05, 0) is 42.3 Å². The summed E-state index contributed by atoms with van der Waals surface area (Å²) in [7, 11) is 3.15. The first kappa shape index (κ1) is 22.5. The summed E-state index contributed by atoms with van der Waals surface area (Å²) in [5, 5.41) is 2.90. The minimum Gasteiger partial charge on any atom is -0.493 e. The standard InChI is InChI=1S/C27H25N3O5/c1-34-22-12-11-17(15-23(22)35-2)13-14-28-24(31)16-29-25-18-7-3-4-8-19(18)27(33)30(25)21-10-6-5-9-20(21)26(29)32/h3-12,15,25H,13-14,16H2,1-2H3,(H,28,31)/t25-/m1/s1. The van der Waals surface area contributed by atoms with Crippen LogP contribution in [-0.4, -0.2) is 49.9 Å². The van der Waals surface area contributed by atoms with Gasteiger partial charge in [-0.3, -0.25) is 19.3 Å². The molecule has 0 saturated carbocycles. The summed E-state index contributed by atoms with van der Waals surface area (Å²) in [6, 6.07) is 19.8. The first-order valence-corrected chi connectivity index (χ1v) is 11.3. The maximum Gasteiger partial charge on any atom is 0.260 e. The van der Waals surface area contributed by atoms with E-state index in [4.69, 9.17) is 9.47 Å². The van der Waals surface area contributed by atoms with Crippen LogP contribution >= 0.6 is 0 Å². The molecule has 0 bridgehead atoms. The molecule has 35 heavy (non-hydrogen) atoms. The van der Waals surface area contributed by atoms with Crippen LogP contribution in [0.2, 0.25) is 0 Å². The van der Waals surface area contributed by atoms with E-state index >= 15 is 0 Å². The number of nitrogens with one attached hydrogen (secondary N) is 1. The zero-order chi connectivity index (χ0) is 24.5. The van der Waals surface area contributed by atoms with E-state index in [1.54, 1.807) is 55.5 Å². The molecule has 3 aromatic carbocycles. The summed E-state index contributed by atoms with van der Waals surface area (Å²) in [5.41, 5.74) is 3.21. The average Bonchev–Trinajstić information content (AvgIpc) is 3.19. The molecule has 0 fully saturated rings. The van der Waals surface area contributed by atoms with Gasteiger partial charge in [0.15, 0.2) is 11.5 Å². The number of para-hydroxylation sites is 1. The van der Waals surface area contributed by atoms with Gasteiger partial charge in [0.25, 0.3) is 11.8 Å². The van der Waals surface area contributed by atoms with Gasteiger partial charge >= 0.3 is 0 Å². The van der Waals surface area contributed by atoms with E-state index < -0.39 is 6.17 Å². The number of rotatable bonds is 7. The first-order chi connectivity index (χ1) is 17.0. The molecule has 0 aromatic heterocycles. The van der Waals surface area contributed by atoms with Crippen LogP contribution in [0.3, 0.4) is 0 Å². The highest BCUT2D eigenvalue weighted by Crippen LogP contribution is 2.44. The van der Waals surface area contributed by atoms with E-state index in [-0.39, 0.29) is 24.3 Å². The summed E-state index contributed by atoms with van der Waals surface area (Å²) >= 11 is 0. The fraction of sp³-hybridized carbons (Fsp3) is 0.222. The lowest BCUT2D eigenvalue weighted by Crippen LogP contribution is -2.51. The van der Waals surface area contributed by atoms with Crippen molar-refractivity contribution in [2.24, 2.45) is 0 Å². The lowest BCUT2D eigenvalue weighted by Gasteiger charge is -2.40. The third kappa shape index (κ3) is 3.86. The summed E-state index contributed by atoms with van der Waals surface area (Å²) in [6.45, 7) is 0.221. The second-order valence-corrected chi connectivity index (χ2v) is 8.38. The molecule has 1 atom stereocenters. The van der Waals surface area contributed by atoms with E-state index in [1.165, 1.54) is 4.90 Å². The van der Waals surface area contributed by atoms with Crippen molar-refractivity contribution in [2.75, 3.05) is 32.2 Å². The monoisotopic (exact) mass is 471 g/mol. The molecular formula is C27H25N3O5. The maximum atomic E-state index is 13.4. The Labute approximate surface area is 203 Å². The van der Waals surface area contributed by atoms with Crippen LogP contribution in [0, 0.1) is 0 Å². The molecule has 0 saturated heterocycles. The van der Waals surface area contributed by atoms with Crippen molar-refractivity contribution in [1.82, 2.24) is 10.2 Å². The molecule has 5 rings (SSSR count).